The Kier molecular flexibility index (Phi) is 4.97. The standard InChI is InChI=1S/C21H21N3O4/c1-3-27-17-10-6-4-8-15(17)21-22-20(23-28-21)14-12-19(25)24(13-14)16-9-5-7-11-18(16)26-2/h4-11,14H,3,12-13H2,1-2H3. The van der Waals surface area contributed by atoms with E-state index in [9.17, 15) is 4.79 Å². The Morgan fingerprint density at radius 3 is 2.68 bits per heavy atom. The number of benzene rings is 2. The van der Waals surface area contributed by atoms with Gasteiger partial charge in [-0.05, 0) is 31.2 Å². The van der Waals surface area contributed by atoms with Crippen molar-refractivity contribution < 1.29 is 18.8 Å². The summed E-state index contributed by atoms with van der Waals surface area (Å²) in [6.07, 6.45) is 0.324. The van der Waals surface area contributed by atoms with Crippen LogP contribution in [-0.2, 0) is 4.79 Å². The van der Waals surface area contributed by atoms with E-state index in [0.717, 1.165) is 11.3 Å². The first-order valence-corrected chi connectivity index (χ1v) is 9.20. The quantitative estimate of drug-likeness (QED) is 0.650. The monoisotopic (exact) mass is 379 g/mol. The van der Waals surface area contributed by atoms with Gasteiger partial charge in [-0.15, -0.1) is 0 Å². The van der Waals surface area contributed by atoms with Crippen LogP contribution in [0.25, 0.3) is 11.5 Å². The highest BCUT2D eigenvalue weighted by Gasteiger charge is 2.35. The lowest BCUT2D eigenvalue weighted by Crippen LogP contribution is -2.24. The van der Waals surface area contributed by atoms with Gasteiger partial charge in [0.05, 0.1) is 25.0 Å². The number of methoxy groups -OCH3 is 1. The summed E-state index contributed by atoms with van der Waals surface area (Å²) in [7, 11) is 1.60. The summed E-state index contributed by atoms with van der Waals surface area (Å²) in [6.45, 7) is 2.95. The summed E-state index contributed by atoms with van der Waals surface area (Å²) < 4.78 is 16.5. The maximum atomic E-state index is 12.6. The predicted octanol–water partition coefficient (Wildman–Crippen LogP) is 3.66. The lowest BCUT2D eigenvalue weighted by molar-refractivity contribution is -0.117. The van der Waals surface area contributed by atoms with Crippen LogP contribution in [0.2, 0.25) is 0 Å². The van der Waals surface area contributed by atoms with Gasteiger partial charge in [0.25, 0.3) is 5.89 Å². The molecule has 2 aromatic carbocycles. The topological polar surface area (TPSA) is 77.7 Å². The fourth-order valence-corrected chi connectivity index (χ4v) is 3.40. The number of carbonyl (C=O) groups is 1. The number of amides is 1. The summed E-state index contributed by atoms with van der Waals surface area (Å²) >= 11 is 0. The third kappa shape index (κ3) is 3.31. The molecular weight excluding hydrogens is 358 g/mol. The molecule has 1 unspecified atom stereocenters. The summed E-state index contributed by atoms with van der Waals surface area (Å²) in [6, 6.07) is 15.0. The van der Waals surface area contributed by atoms with Crippen LogP contribution < -0.4 is 14.4 Å². The number of anilines is 1. The van der Waals surface area contributed by atoms with Crippen molar-refractivity contribution in [2.24, 2.45) is 0 Å². The Morgan fingerprint density at radius 2 is 1.89 bits per heavy atom. The number of carbonyl (C=O) groups excluding carboxylic acids is 1. The molecule has 0 bridgehead atoms. The maximum absolute atomic E-state index is 12.6. The molecule has 1 atom stereocenters. The molecule has 1 fully saturated rings. The molecular formula is C21H21N3O4. The molecule has 0 aliphatic carbocycles. The second-order valence-electron chi connectivity index (χ2n) is 6.46. The molecule has 1 amide bonds. The van der Waals surface area contributed by atoms with E-state index >= 15 is 0 Å². The molecule has 1 aliphatic heterocycles. The molecule has 0 N–H and O–H groups in total. The second kappa shape index (κ2) is 7.72. The molecule has 0 radical (unpaired) electrons. The lowest BCUT2D eigenvalue weighted by Gasteiger charge is -2.18. The largest absolute Gasteiger partial charge is 0.495 e. The molecule has 7 heteroatoms. The van der Waals surface area contributed by atoms with Crippen molar-refractivity contribution in [1.29, 1.82) is 0 Å². The molecule has 7 nitrogen and oxygen atoms in total. The number of nitrogens with zero attached hydrogens (tertiary/aromatic N) is 3. The molecule has 1 aliphatic rings. The molecule has 4 rings (SSSR count). The third-order valence-corrected chi connectivity index (χ3v) is 4.73. The Labute approximate surface area is 162 Å². The molecule has 1 saturated heterocycles. The zero-order valence-electron chi connectivity index (χ0n) is 15.8. The van der Waals surface area contributed by atoms with E-state index < -0.39 is 0 Å². The summed E-state index contributed by atoms with van der Waals surface area (Å²) in [5.41, 5.74) is 1.50. The zero-order valence-corrected chi connectivity index (χ0v) is 15.8. The third-order valence-electron chi connectivity index (χ3n) is 4.73. The van der Waals surface area contributed by atoms with Gasteiger partial charge in [0.2, 0.25) is 5.91 Å². The number of rotatable bonds is 6. The number of aromatic nitrogens is 2. The van der Waals surface area contributed by atoms with Gasteiger partial charge in [0.1, 0.15) is 11.5 Å². The van der Waals surface area contributed by atoms with E-state index in [1.54, 1.807) is 12.0 Å². The average molecular weight is 379 g/mol. The average Bonchev–Trinajstić information content (AvgIpc) is 3.35. The van der Waals surface area contributed by atoms with Crippen molar-refractivity contribution in [3.8, 4) is 23.0 Å². The second-order valence-corrected chi connectivity index (χ2v) is 6.46. The summed E-state index contributed by atoms with van der Waals surface area (Å²) in [5.74, 6) is 2.13. The van der Waals surface area contributed by atoms with E-state index in [0.29, 0.717) is 42.8 Å². The minimum absolute atomic E-state index is 0.00978. The van der Waals surface area contributed by atoms with Crippen molar-refractivity contribution >= 4 is 11.6 Å². The van der Waals surface area contributed by atoms with Crippen molar-refractivity contribution in [2.75, 3.05) is 25.2 Å². The van der Waals surface area contributed by atoms with Crippen LogP contribution in [0.5, 0.6) is 11.5 Å². The summed E-state index contributed by atoms with van der Waals surface area (Å²) in [5, 5.41) is 4.13. The van der Waals surface area contributed by atoms with Crippen LogP contribution in [0.3, 0.4) is 0 Å². The van der Waals surface area contributed by atoms with Gasteiger partial charge in [-0.3, -0.25) is 4.79 Å². The number of ether oxygens (including phenoxy) is 2. The molecule has 2 heterocycles. The minimum Gasteiger partial charge on any atom is -0.495 e. The van der Waals surface area contributed by atoms with Crippen molar-refractivity contribution in [2.45, 2.75) is 19.3 Å². The molecule has 0 saturated carbocycles. The van der Waals surface area contributed by atoms with Crippen LogP contribution in [0.15, 0.2) is 53.1 Å². The number of hydrogen-bond donors (Lipinski definition) is 0. The molecule has 144 valence electrons. The smallest absolute Gasteiger partial charge is 0.261 e. The number of para-hydroxylation sites is 3. The van der Waals surface area contributed by atoms with Crippen LogP contribution >= 0.6 is 0 Å². The Balaban J connectivity index is 1.58. The normalized spacial score (nSPS) is 16.4. The Morgan fingerprint density at radius 1 is 1.14 bits per heavy atom. The van der Waals surface area contributed by atoms with Crippen LogP contribution in [0, 0.1) is 0 Å². The van der Waals surface area contributed by atoms with Crippen molar-refractivity contribution in [3.05, 3.63) is 54.4 Å². The van der Waals surface area contributed by atoms with E-state index in [4.69, 9.17) is 14.0 Å². The van der Waals surface area contributed by atoms with E-state index in [1.165, 1.54) is 0 Å². The zero-order chi connectivity index (χ0) is 19.5. The molecule has 1 aromatic heterocycles. The highest BCUT2D eigenvalue weighted by Crippen LogP contribution is 2.36. The SMILES string of the molecule is CCOc1ccccc1-c1nc(C2CC(=O)N(c3ccccc3OC)C2)no1. The first-order valence-electron chi connectivity index (χ1n) is 9.20. The Hall–Kier alpha value is -3.35. The lowest BCUT2D eigenvalue weighted by atomic mass is 10.1. The van der Waals surface area contributed by atoms with Crippen LogP contribution in [0.1, 0.15) is 25.1 Å². The highest BCUT2D eigenvalue weighted by molar-refractivity contribution is 5.97. The van der Waals surface area contributed by atoms with Gasteiger partial charge in [0, 0.05) is 18.9 Å². The maximum Gasteiger partial charge on any atom is 0.261 e. The fraction of sp³-hybridized carbons (Fsp3) is 0.286. The van der Waals surface area contributed by atoms with Gasteiger partial charge >= 0.3 is 0 Å². The molecule has 28 heavy (non-hydrogen) atoms. The summed E-state index contributed by atoms with van der Waals surface area (Å²) in [4.78, 5) is 18.9. The first kappa shape index (κ1) is 18.0. The van der Waals surface area contributed by atoms with Crippen LogP contribution in [0.4, 0.5) is 5.69 Å². The van der Waals surface area contributed by atoms with Crippen molar-refractivity contribution in [3.63, 3.8) is 0 Å². The van der Waals surface area contributed by atoms with Crippen LogP contribution in [-0.4, -0.2) is 36.3 Å². The van der Waals surface area contributed by atoms with Gasteiger partial charge in [-0.25, -0.2) is 0 Å². The van der Waals surface area contributed by atoms with Gasteiger partial charge in [-0.2, -0.15) is 4.98 Å². The fourth-order valence-electron chi connectivity index (χ4n) is 3.40. The molecule has 0 spiro atoms. The van der Waals surface area contributed by atoms with E-state index in [-0.39, 0.29) is 11.8 Å². The van der Waals surface area contributed by atoms with Gasteiger partial charge < -0.3 is 18.9 Å². The van der Waals surface area contributed by atoms with Gasteiger partial charge in [0.15, 0.2) is 5.82 Å². The first-order chi connectivity index (χ1) is 13.7. The highest BCUT2D eigenvalue weighted by atomic mass is 16.5. The number of hydrogen-bond acceptors (Lipinski definition) is 6. The minimum atomic E-state index is -0.144. The van der Waals surface area contributed by atoms with E-state index in [2.05, 4.69) is 10.1 Å². The van der Waals surface area contributed by atoms with E-state index in [1.807, 2.05) is 55.5 Å². The Bertz CT molecular complexity index is 985. The van der Waals surface area contributed by atoms with Gasteiger partial charge in [-0.1, -0.05) is 29.4 Å². The van der Waals surface area contributed by atoms with Crippen molar-refractivity contribution in [1.82, 2.24) is 10.1 Å². The molecule has 3 aromatic rings. The predicted molar refractivity (Wildman–Crippen MR) is 104 cm³/mol.